The summed E-state index contributed by atoms with van der Waals surface area (Å²) >= 11 is 0. The molecule has 1 aromatic heterocycles. The Labute approximate surface area is 108 Å². The fourth-order valence-corrected chi connectivity index (χ4v) is 2.67. The molecule has 1 aromatic carbocycles. The lowest BCUT2D eigenvalue weighted by atomic mass is 9.91. The normalized spacial score (nSPS) is 16.9. The van der Waals surface area contributed by atoms with E-state index >= 15 is 0 Å². The summed E-state index contributed by atoms with van der Waals surface area (Å²) in [5.41, 5.74) is 2.58. The molecule has 0 unspecified atom stereocenters. The molecule has 3 nitrogen and oxygen atoms in total. The van der Waals surface area contributed by atoms with Gasteiger partial charge in [-0.2, -0.15) is 5.10 Å². The Balaban J connectivity index is 1.74. The topological polar surface area (TPSA) is 29.9 Å². The van der Waals surface area contributed by atoms with Gasteiger partial charge in [-0.15, -0.1) is 0 Å². The Kier molecular flexibility index (Phi) is 3.42. The van der Waals surface area contributed by atoms with Crippen LogP contribution in [-0.4, -0.2) is 22.9 Å². The smallest absolute Gasteiger partial charge is 0.0648 e. The van der Waals surface area contributed by atoms with Crippen LogP contribution in [-0.2, 0) is 6.42 Å². The van der Waals surface area contributed by atoms with Gasteiger partial charge in [-0.25, -0.2) is 4.68 Å². The molecule has 3 heteroatoms. The molecule has 1 aliphatic rings. The molecule has 2 aromatic rings. The lowest BCUT2D eigenvalue weighted by molar-refractivity contribution is 0.372. The predicted octanol–water partition coefficient (Wildman–Crippen LogP) is 2.41. The molecule has 94 valence electrons. The van der Waals surface area contributed by atoms with Gasteiger partial charge in [0, 0.05) is 12.4 Å². The fraction of sp³-hybridized carbons (Fsp3) is 0.400. The molecule has 1 N–H and O–H groups in total. The highest BCUT2D eigenvalue weighted by Crippen LogP contribution is 2.19. The zero-order chi connectivity index (χ0) is 12.2. The van der Waals surface area contributed by atoms with Gasteiger partial charge >= 0.3 is 0 Å². The number of hydrogen-bond acceptors (Lipinski definition) is 2. The van der Waals surface area contributed by atoms with Gasteiger partial charge in [0.05, 0.1) is 5.69 Å². The Bertz CT molecular complexity index is 484. The van der Waals surface area contributed by atoms with Gasteiger partial charge in [-0.3, -0.25) is 0 Å². The second kappa shape index (κ2) is 5.36. The lowest BCUT2D eigenvalue weighted by Crippen LogP contribution is -2.28. The monoisotopic (exact) mass is 241 g/mol. The number of piperidine rings is 1. The first-order valence-electron chi connectivity index (χ1n) is 6.71. The number of aromatic nitrogens is 2. The van der Waals surface area contributed by atoms with Crippen molar-refractivity contribution in [3.8, 4) is 5.69 Å². The van der Waals surface area contributed by atoms with E-state index in [0.717, 1.165) is 11.6 Å². The molecule has 1 fully saturated rings. The maximum atomic E-state index is 4.28. The summed E-state index contributed by atoms with van der Waals surface area (Å²) in [6, 6.07) is 10.7. The summed E-state index contributed by atoms with van der Waals surface area (Å²) in [5, 5.41) is 7.70. The third kappa shape index (κ3) is 2.62. The van der Waals surface area contributed by atoms with E-state index in [9.17, 15) is 0 Å². The van der Waals surface area contributed by atoms with Crippen LogP contribution < -0.4 is 5.32 Å². The molecule has 0 spiro atoms. The first-order chi connectivity index (χ1) is 8.92. The van der Waals surface area contributed by atoms with Crippen LogP contribution in [0.15, 0.2) is 42.7 Å². The third-order valence-corrected chi connectivity index (χ3v) is 3.66. The number of hydrogen-bond donors (Lipinski definition) is 1. The summed E-state index contributed by atoms with van der Waals surface area (Å²) in [6.45, 7) is 2.34. The molecule has 18 heavy (non-hydrogen) atoms. The summed E-state index contributed by atoms with van der Waals surface area (Å²) in [6.07, 6.45) is 7.60. The van der Waals surface area contributed by atoms with Gasteiger partial charge in [-0.05, 0) is 62.0 Å². The number of nitrogens with one attached hydrogen (secondary N) is 1. The van der Waals surface area contributed by atoms with Gasteiger partial charge in [0.1, 0.15) is 0 Å². The van der Waals surface area contributed by atoms with Crippen molar-refractivity contribution >= 4 is 0 Å². The SMILES string of the molecule is c1cc(CC2CCNCC2)cc(-n2cccn2)c1. The van der Waals surface area contributed by atoms with E-state index in [2.05, 4.69) is 34.7 Å². The highest BCUT2D eigenvalue weighted by Gasteiger charge is 2.13. The second-order valence-electron chi connectivity index (χ2n) is 5.02. The van der Waals surface area contributed by atoms with Crippen LogP contribution in [0.5, 0.6) is 0 Å². The number of nitrogens with zero attached hydrogens (tertiary/aromatic N) is 2. The molecule has 0 aliphatic carbocycles. The summed E-state index contributed by atoms with van der Waals surface area (Å²) in [7, 11) is 0. The van der Waals surface area contributed by atoms with Crippen LogP contribution in [0.25, 0.3) is 5.69 Å². The van der Waals surface area contributed by atoms with Crippen molar-refractivity contribution in [3.05, 3.63) is 48.3 Å². The minimum atomic E-state index is 0.833. The Morgan fingerprint density at radius 2 is 2.11 bits per heavy atom. The maximum Gasteiger partial charge on any atom is 0.0648 e. The minimum Gasteiger partial charge on any atom is -0.317 e. The number of rotatable bonds is 3. The van der Waals surface area contributed by atoms with Gasteiger partial charge in [0.15, 0.2) is 0 Å². The average Bonchev–Trinajstić information content (AvgIpc) is 2.94. The van der Waals surface area contributed by atoms with Crippen molar-refractivity contribution < 1.29 is 0 Å². The molecule has 0 radical (unpaired) electrons. The highest BCUT2D eigenvalue weighted by atomic mass is 15.3. The molecule has 0 bridgehead atoms. The average molecular weight is 241 g/mol. The van der Waals surface area contributed by atoms with Gasteiger partial charge in [0.2, 0.25) is 0 Å². The Morgan fingerprint density at radius 1 is 1.22 bits per heavy atom. The molecule has 2 heterocycles. The van der Waals surface area contributed by atoms with Crippen LogP contribution in [0.4, 0.5) is 0 Å². The Morgan fingerprint density at radius 3 is 2.89 bits per heavy atom. The molecular weight excluding hydrogens is 222 g/mol. The second-order valence-corrected chi connectivity index (χ2v) is 5.02. The standard InChI is InChI=1S/C15H19N3/c1-3-14(11-13-5-8-16-9-6-13)12-15(4-1)18-10-2-7-17-18/h1-4,7,10,12-13,16H,5-6,8-9,11H2. The minimum absolute atomic E-state index is 0.833. The maximum absolute atomic E-state index is 4.28. The molecule has 1 aliphatic heterocycles. The molecular formula is C15H19N3. The van der Waals surface area contributed by atoms with E-state index in [1.807, 2.05) is 23.1 Å². The van der Waals surface area contributed by atoms with Crippen LogP contribution >= 0.6 is 0 Å². The predicted molar refractivity (Wildman–Crippen MR) is 72.9 cm³/mol. The largest absolute Gasteiger partial charge is 0.317 e. The van der Waals surface area contributed by atoms with Gasteiger partial charge in [-0.1, -0.05) is 12.1 Å². The molecule has 0 atom stereocenters. The van der Waals surface area contributed by atoms with Crippen molar-refractivity contribution in [1.29, 1.82) is 0 Å². The van der Waals surface area contributed by atoms with E-state index in [1.165, 1.54) is 37.9 Å². The van der Waals surface area contributed by atoms with E-state index in [-0.39, 0.29) is 0 Å². The van der Waals surface area contributed by atoms with Gasteiger partial charge in [0.25, 0.3) is 0 Å². The first-order valence-corrected chi connectivity index (χ1v) is 6.71. The van der Waals surface area contributed by atoms with Crippen molar-refractivity contribution in [2.24, 2.45) is 5.92 Å². The fourth-order valence-electron chi connectivity index (χ4n) is 2.67. The van der Waals surface area contributed by atoms with E-state index in [1.54, 1.807) is 0 Å². The molecule has 0 saturated carbocycles. The van der Waals surface area contributed by atoms with E-state index in [4.69, 9.17) is 0 Å². The molecule has 3 rings (SSSR count). The van der Waals surface area contributed by atoms with Crippen LogP contribution in [0.1, 0.15) is 18.4 Å². The van der Waals surface area contributed by atoms with Crippen molar-refractivity contribution in [2.75, 3.05) is 13.1 Å². The zero-order valence-corrected chi connectivity index (χ0v) is 10.5. The van der Waals surface area contributed by atoms with Crippen molar-refractivity contribution in [3.63, 3.8) is 0 Å². The summed E-state index contributed by atoms with van der Waals surface area (Å²) in [4.78, 5) is 0. The first kappa shape index (κ1) is 11.5. The Hall–Kier alpha value is -1.61. The molecule has 1 saturated heterocycles. The number of benzene rings is 1. The van der Waals surface area contributed by atoms with Gasteiger partial charge < -0.3 is 5.32 Å². The van der Waals surface area contributed by atoms with Crippen LogP contribution in [0, 0.1) is 5.92 Å². The van der Waals surface area contributed by atoms with E-state index < -0.39 is 0 Å². The van der Waals surface area contributed by atoms with E-state index in [0.29, 0.717) is 0 Å². The molecule has 0 amide bonds. The summed E-state index contributed by atoms with van der Waals surface area (Å²) in [5.74, 6) is 0.833. The van der Waals surface area contributed by atoms with Crippen molar-refractivity contribution in [2.45, 2.75) is 19.3 Å². The van der Waals surface area contributed by atoms with Crippen LogP contribution in [0.3, 0.4) is 0 Å². The summed E-state index contributed by atoms with van der Waals surface area (Å²) < 4.78 is 1.92. The third-order valence-electron chi connectivity index (χ3n) is 3.66. The van der Waals surface area contributed by atoms with Crippen molar-refractivity contribution in [1.82, 2.24) is 15.1 Å². The highest BCUT2D eigenvalue weighted by molar-refractivity contribution is 5.35. The lowest BCUT2D eigenvalue weighted by Gasteiger charge is -2.22. The quantitative estimate of drug-likeness (QED) is 0.894. The van der Waals surface area contributed by atoms with Crippen LogP contribution in [0.2, 0.25) is 0 Å². The zero-order valence-electron chi connectivity index (χ0n) is 10.5.